The standard InChI is InChI=1S/C12H12FN/c1-14-8-9-2-3-10-4-5-12(13)7-11(10)6-9/h2-7,14H,8H2,1H3. The molecule has 2 heteroatoms. The average Bonchev–Trinajstić information content (AvgIpc) is 2.17. The Balaban J connectivity index is 2.52. The van der Waals surface area contributed by atoms with Crippen LogP contribution in [-0.4, -0.2) is 7.05 Å². The third kappa shape index (κ3) is 1.75. The second-order valence-electron chi connectivity index (χ2n) is 3.36. The first-order chi connectivity index (χ1) is 6.79. The van der Waals surface area contributed by atoms with E-state index in [-0.39, 0.29) is 5.82 Å². The third-order valence-electron chi connectivity index (χ3n) is 2.25. The Bertz CT molecular complexity index is 451. The zero-order chi connectivity index (χ0) is 9.97. The lowest BCUT2D eigenvalue weighted by Gasteiger charge is -2.02. The molecule has 0 unspecified atom stereocenters. The first-order valence-electron chi connectivity index (χ1n) is 4.62. The smallest absolute Gasteiger partial charge is 0.123 e. The van der Waals surface area contributed by atoms with E-state index in [1.54, 1.807) is 12.1 Å². The molecule has 14 heavy (non-hydrogen) atoms. The van der Waals surface area contributed by atoms with Crippen LogP contribution < -0.4 is 5.32 Å². The molecule has 1 N–H and O–H groups in total. The zero-order valence-electron chi connectivity index (χ0n) is 8.05. The van der Waals surface area contributed by atoms with E-state index in [0.29, 0.717) is 0 Å². The molecule has 2 aromatic carbocycles. The molecule has 0 bridgehead atoms. The van der Waals surface area contributed by atoms with Gasteiger partial charge in [-0.25, -0.2) is 4.39 Å². The summed E-state index contributed by atoms with van der Waals surface area (Å²) in [5, 5.41) is 5.10. The van der Waals surface area contributed by atoms with Gasteiger partial charge in [0.15, 0.2) is 0 Å². The van der Waals surface area contributed by atoms with Crippen LogP contribution in [0.2, 0.25) is 0 Å². The fourth-order valence-corrected chi connectivity index (χ4v) is 1.58. The van der Waals surface area contributed by atoms with Gasteiger partial charge < -0.3 is 5.32 Å². The Hall–Kier alpha value is -1.41. The van der Waals surface area contributed by atoms with Crippen molar-refractivity contribution in [3.8, 4) is 0 Å². The second-order valence-corrected chi connectivity index (χ2v) is 3.36. The van der Waals surface area contributed by atoms with Crippen LogP contribution in [0.25, 0.3) is 10.8 Å². The first kappa shape index (κ1) is 9.16. The fraction of sp³-hybridized carbons (Fsp3) is 0.167. The van der Waals surface area contributed by atoms with Gasteiger partial charge in [-0.3, -0.25) is 0 Å². The first-order valence-corrected chi connectivity index (χ1v) is 4.62. The van der Waals surface area contributed by atoms with Crippen molar-refractivity contribution in [3.05, 3.63) is 47.8 Å². The lowest BCUT2D eigenvalue weighted by atomic mass is 10.1. The van der Waals surface area contributed by atoms with E-state index in [4.69, 9.17) is 0 Å². The topological polar surface area (TPSA) is 12.0 Å². The number of benzene rings is 2. The molecule has 0 aliphatic heterocycles. The highest BCUT2D eigenvalue weighted by molar-refractivity contribution is 5.83. The molecule has 0 heterocycles. The van der Waals surface area contributed by atoms with E-state index in [1.807, 2.05) is 19.2 Å². The van der Waals surface area contributed by atoms with E-state index < -0.39 is 0 Å². The largest absolute Gasteiger partial charge is 0.316 e. The van der Waals surface area contributed by atoms with Gasteiger partial charge in [-0.1, -0.05) is 18.2 Å². The van der Waals surface area contributed by atoms with Crippen LogP contribution in [0.15, 0.2) is 36.4 Å². The Labute approximate surface area is 82.6 Å². The minimum Gasteiger partial charge on any atom is -0.316 e. The Morgan fingerprint density at radius 1 is 1.07 bits per heavy atom. The molecule has 0 aliphatic rings. The van der Waals surface area contributed by atoms with Crippen molar-refractivity contribution in [2.75, 3.05) is 7.05 Å². The summed E-state index contributed by atoms with van der Waals surface area (Å²) in [6.45, 7) is 0.812. The van der Waals surface area contributed by atoms with Gasteiger partial charge in [0.1, 0.15) is 5.82 Å². The highest BCUT2D eigenvalue weighted by atomic mass is 19.1. The predicted molar refractivity (Wildman–Crippen MR) is 56.7 cm³/mol. The summed E-state index contributed by atoms with van der Waals surface area (Å²) in [5.74, 6) is -0.181. The SMILES string of the molecule is CNCc1ccc2ccc(F)cc2c1. The zero-order valence-corrected chi connectivity index (χ0v) is 8.05. The summed E-state index contributed by atoms with van der Waals surface area (Å²) in [6, 6.07) is 10.9. The molecule has 0 amide bonds. The molecule has 2 rings (SSSR count). The number of hydrogen-bond acceptors (Lipinski definition) is 1. The molecule has 0 saturated carbocycles. The van der Waals surface area contributed by atoms with Crippen LogP contribution in [0.1, 0.15) is 5.56 Å². The van der Waals surface area contributed by atoms with Crippen molar-refractivity contribution in [2.45, 2.75) is 6.54 Å². The molecule has 2 aromatic rings. The summed E-state index contributed by atoms with van der Waals surface area (Å²) < 4.78 is 12.9. The maximum atomic E-state index is 12.9. The molecule has 0 saturated heterocycles. The van der Waals surface area contributed by atoms with Gasteiger partial charge in [-0.15, -0.1) is 0 Å². The monoisotopic (exact) mass is 189 g/mol. The summed E-state index contributed by atoms with van der Waals surface area (Å²) in [5.41, 5.74) is 1.17. The molecule has 0 radical (unpaired) electrons. The van der Waals surface area contributed by atoms with Crippen molar-refractivity contribution in [1.82, 2.24) is 5.32 Å². The molecule has 72 valence electrons. The number of rotatable bonds is 2. The normalized spacial score (nSPS) is 10.7. The predicted octanol–water partition coefficient (Wildman–Crippen LogP) is 2.70. The van der Waals surface area contributed by atoms with Gasteiger partial charge in [-0.2, -0.15) is 0 Å². The van der Waals surface area contributed by atoms with Crippen molar-refractivity contribution >= 4 is 10.8 Å². The van der Waals surface area contributed by atoms with E-state index in [1.165, 1.54) is 11.6 Å². The molecule has 0 aromatic heterocycles. The van der Waals surface area contributed by atoms with Crippen molar-refractivity contribution in [2.24, 2.45) is 0 Å². The summed E-state index contributed by atoms with van der Waals surface area (Å²) >= 11 is 0. The van der Waals surface area contributed by atoms with Crippen LogP contribution in [0.4, 0.5) is 4.39 Å². The van der Waals surface area contributed by atoms with Crippen LogP contribution in [0.5, 0.6) is 0 Å². The Kier molecular flexibility index (Phi) is 2.46. The number of nitrogens with one attached hydrogen (secondary N) is 1. The van der Waals surface area contributed by atoms with E-state index in [9.17, 15) is 4.39 Å². The number of fused-ring (bicyclic) bond motifs is 1. The highest BCUT2D eigenvalue weighted by Gasteiger charge is 1.97. The van der Waals surface area contributed by atoms with E-state index in [2.05, 4.69) is 11.4 Å². The van der Waals surface area contributed by atoms with Gasteiger partial charge in [0.2, 0.25) is 0 Å². The minimum absolute atomic E-state index is 0.181. The average molecular weight is 189 g/mol. The van der Waals surface area contributed by atoms with Crippen molar-refractivity contribution in [1.29, 1.82) is 0 Å². The van der Waals surface area contributed by atoms with Crippen molar-refractivity contribution in [3.63, 3.8) is 0 Å². The molecule has 0 atom stereocenters. The van der Waals surface area contributed by atoms with Gasteiger partial charge in [0, 0.05) is 6.54 Å². The summed E-state index contributed by atoms with van der Waals surface area (Å²) in [4.78, 5) is 0. The Morgan fingerprint density at radius 3 is 2.64 bits per heavy atom. The molecule has 0 fully saturated rings. The van der Waals surface area contributed by atoms with Crippen LogP contribution in [0, 0.1) is 5.82 Å². The van der Waals surface area contributed by atoms with E-state index >= 15 is 0 Å². The molecule has 0 aliphatic carbocycles. The van der Waals surface area contributed by atoms with Gasteiger partial charge in [0.05, 0.1) is 0 Å². The number of halogens is 1. The molecule has 0 spiro atoms. The molecular formula is C12H12FN. The van der Waals surface area contributed by atoms with Crippen molar-refractivity contribution < 1.29 is 4.39 Å². The third-order valence-corrected chi connectivity index (χ3v) is 2.25. The lowest BCUT2D eigenvalue weighted by Crippen LogP contribution is -2.04. The van der Waals surface area contributed by atoms with Crippen LogP contribution in [-0.2, 0) is 6.54 Å². The van der Waals surface area contributed by atoms with Gasteiger partial charge in [0.25, 0.3) is 0 Å². The maximum absolute atomic E-state index is 12.9. The fourth-order valence-electron chi connectivity index (χ4n) is 1.58. The van der Waals surface area contributed by atoms with E-state index in [0.717, 1.165) is 17.3 Å². The van der Waals surface area contributed by atoms with Gasteiger partial charge in [-0.05, 0) is 41.6 Å². The van der Waals surface area contributed by atoms with Crippen LogP contribution >= 0.6 is 0 Å². The van der Waals surface area contributed by atoms with Gasteiger partial charge >= 0.3 is 0 Å². The Morgan fingerprint density at radius 2 is 1.86 bits per heavy atom. The minimum atomic E-state index is -0.181. The summed E-state index contributed by atoms with van der Waals surface area (Å²) in [6.07, 6.45) is 0. The molecule has 1 nitrogen and oxygen atoms in total. The highest BCUT2D eigenvalue weighted by Crippen LogP contribution is 2.17. The molecular weight excluding hydrogens is 177 g/mol. The summed E-state index contributed by atoms with van der Waals surface area (Å²) in [7, 11) is 1.90. The quantitative estimate of drug-likeness (QED) is 0.765. The number of hydrogen-bond donors (Lipinski definition) is 1. The maximum Gasteiger partial charge on any atom is 0.123 e. The van der Waals surface area contributed by atoms with Crippen LogP contribution in [0.3, 0.4) is 0 Å². The lowest BCUT2D eigenvalue weighted by molar-refractivity contribution is 0.629. The second kappa shape index (κ2) is 3.76.